The van der Waals surface area contributed by atoms with Gasteiger partial charge in [0.15, 0.2) is 0 Å². The Balaban J connectivity index is 1.95. The number of aliphatic hydroxyl groups is 1. The SMILES string of the molecule is Cc1ccccc1CCC1(O)CCCC1. The summed E-state index contributed by atoms with van der Waals surface area (Å²) in [7, 11) is 0. The average molecular weight is 204 g/mol. The maximum atomic E-state index is 10.2. The Hall–Kier alpha value is -0.820. The second-order valence-electron chi connectivity index (χ2n) is 4.86. The van der Waals surface area contributed by atoms with Crippen LogP contribution < -0.4 is 0 Å². The first kappa shape index (κ1) is 10.7. The molecule has 82 valence electrons. The highest BCUT2D eigenvalue weighted by molar-refractivity contribution is 5.25. The van der Waals surface area contributed by atoms with Crippen LogP contribution in [0.25, 0.3) is 0 Å². The normalized spacial score (nSPS) is 19.3. The molecule has 0 atom stereocenters. The summed E-state index contributed by atoms with van der Waals surface area (Å²) in [5.74, 6) is 0. The highest BCUT2D eigenvalue weighted by Gasteiger charge is 2.30. The topological polar surface area (TPSA) is 20.2 Å². The predicted molar refractivity (Wildman–Crippen MR) is 62.9 cm³/mol. The lowest BCUT2D eigenvalue weighted by atomic mass is 9.92. The number of hydrogen-bond acceptors (Lipinski definition) is 1. The Morgan fingerprint density at radius 2 is 1.87 bits per heavy atom. The minimum Gasteiger partial charge on any atom is -0.390 e. The summed E-state index contributed by atoms with van der Waals surface area (Å²) in [5.41, 5.74) is 2.37. The van der Waals surface area contributed by atoms with Crippen LogP contribution >= 0.6 is 0 Å². The standard InChI is InChI=1S/C14H20O/c1-12-6-2-3-7-13(12)8-11-14(15)9-4-5-10-14/h2-3,6-7,15H,4-5,8-11H2,1H3. The van der Waals surface area contributed by atoms with Crippen LogP contribution in [0.4, 0.5) is 0 Å². The van der Waals surface area contributed by atoms with Crippen LogP contribution in [0.1, 0.15) is 43.2 Å². The molecule has 1 N–H and O–H groups in total. The molecule has 0 heterocycles. The van der Waals surface area contributed by atoms with Crippen molar-refractivity contribution in [2.24, 2.45) is 0 Å². The largest absolute Gasteiger partial charge is 0.390 e. The molecule has 1 aromatic rings. The highest BCUT2D eigenvalue weighted by Crippen LogP contribution is 2.33. The van der Waals surface area contributed by atoms with E-state index in [0.717, 1.165) is 25.7 Å². The molecule has 1 aliphatic carbocycles. The average Bonchev–Trinajstić information content (AvgIpc) is 2.65. The van der Waals surface area contributed by atoms with Crippen LogP contribution in [0.2, 0.25) is 0 Å². The Kier molecular flexibility index (Phi) is 3.11. The van der Waals surface area contributed by atoms with Crippen LogP contribution in [0.15, 0.2) is 24.3 Å². The van der Waals surface area contributed by atoms with E-state index in [1.54, 1.807) is 0 Å². The smallest absolute Gasteiger partial charge is 0.0651 e. The fourth-order valence-electron chi connectivity index (χ4n) is 2.54. The Labute approximate surface area is 92.1 Å². The molecule has 0 bridgehead atoms. The summed E-state index contributed by atoms with van der Waals surface area (Å²) < 4.78 is 0. The zero-order valence-corrected chi connectivity index (χ0v) is 9.50. The molecule has 1 heteroatoms. The van der Waals surface area contributed by atoms with Crippen LogP contribution in [0, 0.1) is 6.92 Å². The van der Waals surface area contributed by atoms with Gasteiger partial charge in [0.05, 0.1) is 5.60 Å². The molecule has 1 fully saturated rings. The summed E-state index contributed by atoms with van der Waals surface area (Å²) in [5, 5.41) is 10.2. The van der Waals surface area contributed by atoms with Gasteiger partial charge in [-0.2, -0.15) is 0 Å². The number of benzene rings is 1. The van der Waals surface area contributed by atoms with Crippen molar-refractivity contribution >= 4 is 0 Å². The molecule has 0 amide bonds. The summed E-state index contributed by atoms with van der Waals surface area (Å²) in [6.07, 6.45) is 6.34. The molecule has 1 aromatic carbocycles. The molecule has 0 saturated heterocycles. The van der Waals surface area contributed by atoms with Gasteiger partial charge < -0.3 is 5.11 Å². The molecule has 0 unspecified atom stereocenters. The van der Waals surface area contributed by atoms with Crippen LogP contribution in [-0.4, -0.2) is 10.7 Å². The number of hydrogen-bond donors (Lipinski definition) is 1. The third-order valence-corrected chi connectivity index (χ3v) is 3.66. The quantitative estimate of drug-likeness (QED) is 0.801. The number of rotatable bonds is 3. The Bertz CT molecular complexity index is 324. The molecule has 2 rings (SSSR count). The van der Waals surface area contributed by atoms with Gasteiger partial charge in [0.1, 0.15) is 0 Å². The summed E-state index contributed by atoms with van der Waals surface area (Å²) in [6, 6.07) is 8.48. The number of aryl methyl sites for hydroxylation is 2. The van der Waals surface area contributed by atoms with E-state index in [-0.39, 0.29) is 5.60 Å². The van der Waals surface area contributed by atoms with E-state index in [0.29, 0.717) is 0 Å². The van der Waals surface area contributed by atoms with E-state index in [1.807, 2.05) is 0 Å². The van der Waals surface area contributed by atoms with Crippen molar-refractivity contribution in [1.82, 2.24) is 0 Å². The first-order valence-corrected chi connectivity index (χ1v) is 5.97. The summed E-state index contributed by atoms with van der Waals surface area (Å²) in [6.45, 7) is 2.15. The van der Waals surface area contributed by atoms with Crippen LogP contribution in [0.5, 0.6) is 0 Å². The molecule has 1 nitrogen and oxygen atoms in total. The molecule has 0 aliphatic heterocycles. The van der Waals surface area contributed by atoms with Crippen molar-refractivity contribution < 1.29 is 5.11 Å². The van der Waals surface area contributed by atoms with E-state index >= 15 is 0 Å². The van der Waals surface area contributed by atoms with Gasteiger partial charge in [0.2, 0.25) is 0 Å². The van der Waals surface area contributed by atoms with E-state index < -0.39 is 0 Å². The third kappa shape index (κ3) is 2.60. The lowest BCUT2D eigenvalue weighted by Gasteiger charge is -2.22. The highest BCUT2D eigenvalue weighted by atomic mass is 16.3. The fourth-order valence-corrected chi connectivity index (χ4v) is 2.54. The zero-order valence-electron chi connectivity index (χ0n) is 9.50. The van der Waals surface area contributed by atoms with Crippen LogP contribution in [-0.2, 0) is 6.42 Å². The second kappa shape index (κ2) is 4.36. The lowest BCUT2D eigenvalue weighted by Crippen LogP contribution is -2.24. The van der Waals surface area contributed by atoms with E-state index in [4.69, 9.17) is 0 Å². The molecule has 0 spiro atoms. The van der Waals surface area contributed by atoms with Gasteiger partial charge in [-0.05, 0) is 43.7 Å². The predicted octanol–water partition coefficient (Wildman–Crippen LogP) is 3.23. The van der Waals surface area contributed by atoms with E-state index in [1.165, 1.54) is 24.0 Å². The summed E-state index contributed by atoms with van der Waals surface area (Å²) in [4.78, 5) is 0. The van der Waals surface area contributed by atoms with Crippen molar-refractivity contribution in [3.8, 4) is 0 Å². The summed E-state index contributed by atoms with van der Waals surface area (Å²) >= 11 is 0. The van der Waals surface area contributed by atoms with Crippen molar-refractivity contribution in [3.05, 3.63) is 35.4 Å². The monoisotopic (exact) mass is 204 g/mol. The van der Waals surface area contributed by atoms with Gasteiger partial charge in [0.25, 0.3) is 0 Å². The van der Waals surface area contributed by atoms with Gasteiger partial charge in [0, 0.05) is 0 Å². The maximum Gasteiger partial charge on any atom is 0.0651 e. The van der Waals surface area contributed by atoms with Crippen molar-refractivity contribution in [2.45, 2.75) is 51.0 Å². The molecule has 1 aliphatic rings. The first-order chi connectivity index (χ1) is 7.20. The Morgan fingerprint density at radius 3 is 2.53 bits per heavy atom. The lowest BCUT2D eigenvalue weighted by molar-refractivity contribution is 0.0391. The molecule has 0 radical (unpaired) electrons. The van der Waals surface area contributed by atoms with E-state index in [9.17, 15) is 5.11 Å². The molecule has 15 heavy (non-hydrogen) atoms. The first-order valence-electron chi connectivity index (χ1n) is 5.97. The molecule has 1 saturated carbocycles. The van der Waals surface area contributed by atoms with Gasteiger partial charge in [-0.25, -0.2) is 0 Å². The van der Waals surface area contributed by atoms with Crippen molar-refractivity contribution in [2.75, 3.05) is 0 Å². The molecular formula is C14H20O. The van der Waals surface area contributed by atoms with Gasteiger partial charge in [-0.3, -0.25) is 0 Å². The van der Waals surface area contributed by atoms with Crippen molar-refractivity contribution in [3.63, 3.8) is 0 Å². The van der Waals surface area contributed by atoms with Crippen molar-refractivity contribution in [1.29, 1.82) is 0 Å². The van der Waals surface area contributed by atoms with E-state index in [2.05, 4.69) is 31.2 Å². The molecule has 0 aromatic heterocycles. The maximum absolute atomic E-state index is 10.2. The van der Waals surface area contributed by atoms with Gasteiger partial charge in [-0.1, -0.05) is 37.1 Å². The van der Waals surface area contributed by atoms with Gasteiger partial charge >= 0.3 is 0 Å². The molecular weight excluding hydrogens is 184 g/mol. The fraction of sp³-hybridized carbons (Fsp3) is 0.571. The second-order valence-corrected chi connectivity index (χ2v) is 4.86. The van der Waals surface area contributed by atoms with Crippen LogP contribution in [0.3, 0.4) is 0 Å². The zero-order chi connectivity index (χ0) is 10.7. The minimum absolute atomic E-state index is 0.359. The van der Waals surface area contributed by atoms with Gasteiger partial charge in [-0.15, -0.1) is 0 Å². The Morgan fingerprint density at radius 1 is 1.20 bits per heavy atom. The minimum atomic E-state index is -0.359. The third-order valence-electron chi connectivity index (χ3n) is 3.66.